The van der Waals surface area contributed by atoms with Gasteiger partial charge < -0.3 is 10.6 Å². The summed E-state index contributed by atoms with van der Waals surface area (Å²) in [4.78, 5) is 8.53. The lowest BCUT2D eigenvalue weighted by atomic mass is 10.1. The molecule has 27 heavy (non-hydrogen) atoms. The van der Waals surface area contributed by atoms with Gasteiger partial charge in [-0.15, -0.1) is 35.3 Å². The van der Waals surface area contributed by atoms with Gasteiger partial charge in [0.1, 0.15) is 5.82 Å². The van der Waals surface area contributed by atoms with Crippen LogP contribution in [0.15, 0.2) is 28.6 Å². The fourth-order valence-corrected chi connectivity index (χ4v) is 3.91. The number of aryl methyl sites for hydroxylation is 1. The zero-order valence-electron chi connectivity index (χ0n) is 15.5. The zero-order chi connectivity index (χ0) is 19.2. The van der Waals surface area contributed by atoms with E-state index >= 15 is 0 Å². The Morgan fingerprint density at radius 1 is 1.30 bits per heavy atom. The molecule has 0 bridgehead atoms. The fraction of sp³-hybridized carbons (Fsp3) is 0.412. The largest absolute Gasteiger partial charge is 0.356 e. The summed E-state index contributed by atoms with van der Waals surface area (Å²) in [6, 6.07) is 4.12. The van der Waals surface area contributed by atoms with Gasteiger partial charge in [-0.3, -0.25) is 4.99 Å². The Morgan fingerprint density at radius 2 is 2.04 bits per heavy atom. The van der Waals surface area contributed by atoms with Crippen molar-refractivity contribution in [2.45, 2.75) is 25.6 Å². The number of rotatable bonds is 7. The first-order chi connectivity index (χ1) is 12.3. The molecule has 10 heteroatoms. The summed E-state index contributed by atoms with van der Waals surface area (Å²) in [5.74, 6) is 0.0341. The van der Waals surface area contributed by atoms with Crippen LogP contribution >= 0.6 is 35.3 Å². The van der Waals surface area contributed by atoms with Gasteiger partial charge in [0.05, 0.1) is 16.5 Å². The summed E-state index contributed by atoms with van der Waals surface area (Å²) in [7, 11) is -1.56. The van der Waals surface area contributed by atoms with E-state index in [4.69, 9.17) is 0 Å². The minimum Gasteiger partial charge on any atom is -0.356 e. The molecule has 0 atom stereocenters. The number of hydrogen-bond donors (Lipinski definition) is 2. The molecule has 0 amide bonds. The van der Waals surface area contributed by atoms with Gasteiger partial charge >= 0.3 is 0 Å². The third kappa shape index (κ3) is 8.52. The maximum Gasteiger partial charge on any atom is 0.191 e. The summed E-state index contributed by atoms with van der Waals surface area (Å²) in [5.41, 5.74) is 2.19. The van der Waals surface area contributed by atoms with Crippen molar-refractivity contribution in [3.8, 4) is 0 Å². The zero-order valence-corrected chi connectivity index (χ0v) is 19.4. The molecule has 2 aromatic rings. The van der Waals surface area contributed by atoms with Crippen molar-refractivity contribution < 1.29 is 12.8 Å². The monoisotopic (exact) mass is 526 g/mol. The number of nitrogens with one attached hydrogen (secondary N) is 2. The van der Waals surface area contributed by atoms with Gasteiger partial charge in [-0.1, -0.05) is 6.07 Å². The average Bonchev–Trinajstić information content (AvgIpc) is 2.97. The van der Waals surface area contributed by atoms with Crippen LogP contribution in [0, 0.1) is 12.7 Å². The van der Waals surface area contributed by atoms with Gasteiger partial charge in [-0.25, -0.2) is 17.8 Å². The van der Waals surface area contributed by atoms with Crippen LogP contribution in [0.3, 0.4) is 0 Å². The number of thiazole rings is 1. The molecule has 0 saturated carbocycles. The fourth-order valence-electron chi connectivity index (χ4n) is 2.41. The molecular weight excluding hydrogens is 502 g/mol. The van der Waals surface area contributed by atoms with E-state index in [1.165, 1.54) is 18.2 Å². The first-order valence-corrected chi connectivity index (χ1v) is 11.0. The van der Waals surface area contributed by atoms with Gasteiger partial charge in [0, 0.05) is 38.2 Å². The Hall–Kier alpha value is -1.27. The van der Waals surface area contributed by atoms with Crippen molar-refractivity contribution in [3.63, 3.8) is 0 Å². The van der Waals surface area contributed by atoms with Crippen LogP contribution in [0.5, 0.6) is 0 Å². The number of aromatic nitrogens is 1. The molecule has 2 N–H and O–H groups in total. The van der Waals surface area contributed by atoms with E-state index in [1.54, 1.807) is 18.4 Å². The molecule has 150 valence electrons. The lowest BCUT2D eigenvalue weighted by Gasteiger charge is -2.14. The van der Waals surface area contributed by atoms with Gasteiger partial charge in [-0.05, 0) is 30.2 Å². The predicted octanol–water partition coefficient (Wildman–Crippen LogP) is 2.66. The second-order valence-electron chi connectivity index (χ2n) is 5.94. The maximum atomic E-state index is 13.5. The molecule has 0 spiro atoms. The van der Waals surface area contributed by atoms with Crippen LogP contribution in [-0.2, 0) is 28.6 Å². The second-order valence-corrected chi connectivity index (χ2v) is 9.15. The average molecular weight is 526 g/mol. The third-order valence-corrected chi connectivity index (χ3v) is 5.25. The Bertz CT molecular complexity index is 885. The Labute approximate surface area is 180 Å². The summed E-state index contributed by atoms with van der Waals surface area (Å²) in [6.07, 6.45) is 1.93. The number of halogens is 2. The number of nitrogens with zero attached hydrogens (tertiary/aromatic N) is 2. The summed E-state index contributed by atoms with van der Waals surface area (Å²) in [5, 5.41) is 9.32. The number of benzene rings is 1. The quantitative estimate of drug-likeness (QED) is 0.330. The van der Waals surface area contributed by atoms with E-state index in [2.05, 4.69) is 20.6 Å². The highest BCUT2D eigenvalue weighted by Crippen LogP contribution is 2.14. The molecule has 2 rings (SSSR count). The molecular formula is C17H24FIN4O2S2. The lowest BCUT2D eigenvalue weighted by molar-refractivity contribution is 0.599. The van der Waals surface area contributed by atoms with E-state index in [0.29, 0.717) is 23.6 Å². The summed E-state index contributed by atoms with van der Waals surface area (Å²) in [6.45, 7) is 2.90. The number of guanidine groups is 1. The van der Waals surface area contributed by atoms with Crippen LogP contribution in [0.1, 0.15) is 21.8 Å². The van der Waals surface area contributed by atoms with Crippen LogP contribution in [0.2, 0.25) is 0 Å². The molecule has 0 radical (unpaired) electrons. The molecule has 0 aliphatic carbocycles. The highest BCUT2D eigenvalue weighted by atomic mass is 127. The molecule has 1 heterocycles. The van der Waals surface area contributed by atoms with E-state index < -0.39 is 15.7 Å². The summed E-state index contributed by atoms with van der Waals surface area (Å²) < 4.78 is 36.7. The SMILES string of the molecule is CN=C(NCCc1csc(C)n1)NCc1cc(F)ccc1CS(C)(=O)=O.I. The van der Waals surface area contributed by atoms with E-state index in [1.807, 2.05) is 12.3 Å². The van der Waals surface area contributed by atoms with Crippen molar-refractivity contribution in [3.05, 3.63) is 51.2 Å². The standard InChI is InChI=1S/C17H23FN4O2S2.HI/c1-12-22-16(10-25-12)6-7-20-17(19-2)21-9-14-8-15(18)5-4-13(14)11-26(3,23)24;/h4-5,8,10H,6-7,9,11H2,1-3H3,(H2,19,20,21);1H. The molecule has 0 aliphatic rings. The maximum absolute atomic E-state index is 13.5. The van der Waals surface area contributed by atoms with Crippen LogP contribution in [-0.4, -0.2) is 39.2 Å². The number of hydrogen-bond acceptors (Lipinski definition) is 5. The Morgan fingerprint density at radius 3 is 2.63 bits per heavy atom. The molecule has 6 nitrogen and oxygen atoms in total. The highest BCUT2D eigenvalue weighted by Gasteiger charge is 2.11. The van der Waals surface area contributed by atoms with Gasteiger partial charge in [-0.2, -0.15) is 0 Å². The minimum absolute atomic E-state index is 0. The van der Waals surface area contributed by atoms with E-state index in [0.717, 1.165) is 23.4 Å². The first-order valence-electron chi connectivity index (χ1n) is 8.07. The summed E-state index contributed by atoms with van der Waals surface area (Å²) >= 11 is 1.61. The number of aliphatic imine (C=N–C) groups is 1. The second kappa shape index (κ2) is 10.9. The van der Waals surface area contributed by atoms with Crippen molar-refractivity contribution in [1.29, 1.82) is 0 Å². The van der Waals surface area contributed by atoms with E-state index in [9.17, 15) is 12.8 Å². The van der Waals surface area contributed by atoms with Crippen LogP contribution in [0.25, 0.3) is 0 Å². The topological polar surface area (TPSA) is 83.4 Å². The molecule has 0 aliphatic heterocycles. The van der Waals surface area contributed by atoms with Crippen molar-refractivity contribution in [2.75, 3.05) is 19.8 Å². The minimum atomic E-state index is -3.20. The molecule has 0 unspecified atom stereocenters. The van der Waals surface area contributed by atoms with Crippen molar-refractivity contribution >= 4 is 51.1 Å². The lowest BCUT2D eigenvalue weighted by Crippen LogP contribution is -2.38. The highest BCUT2D eigenvalue weighted by molar-refractivity contribution is 14.0. The Balaban J connectivity index is 0.00000364. The first kappa shape index (κ1) is 23.8. The van der Waals surface area contributed by atoms with Crippen LogP contribution in [0.4, 0.5) is 4.39 Å². The molecule has 1 aromatic heterocycles. The molecule has 0 fully saturated rings. The third-order valence-electron chi connectivity index (χ3n) is 3.60. The molecule has 1 aromatic carbocycles. The number of sulfone groups is 1. The van der Waals surface area contributed by atoms with Gasteiger partial charge in [0.15, 0.2) is 15.8 Å². The van der Waals surface area contributed by atoms with Gasteiger partial charge in [0.25, 0.3) is 0 Å². The normalized spacial score (nSPS) is 11.8. The molecule has 0 saturated heterocycles. The van der Waals surface area contributed by atoms with E-state index in [-0.39, 0.29) is 36.3 Å². The Kier molecular flexibility index (Phi) is 9.60. The van der Waals surface area contributed by atoms with Crippen LogP contribution < -0.4 is 10.6 Å². The van der Waals surface area contributed by atoms with Crippen molar-refractivity contribution in [2.24, 2.45) is 4.99 Å². The predicted molar refractivity (Wildman–Crippen MR) is 119 cm³/mol. The van der Waals surface area contributed by atoms with Gasteiger partial charge in [0.2, 0.25) is 0 Å². The smallest absolute Gasteiger partial charge is 0.191 e. The van der Waals surface area contributed by atoms with Crippen molar-refractivity contribution in [1.82, 2.24) is 15.6 Å².